The molecule has 0 aliphatic carbocycles. The molecule has 0 amide bonds. The summed E-state index contributed by atoms with van der Waals surface area (Å²) in [4.78, 5) is 10.5. The van der Waals surface area contributed by atoms with Gasteiger partial charge in [0.25, 0.3) is 0 Å². The molecule has 0 N–H and O–H groups in total. The number of para-hydroxylation sites is 2. The molecule has 1 aromatic rings. The van der Waals surface area contributed by atoms with Crippen molar-refractivity contribution in [2.24, 2.45) is 0 Å². The Balaban J connectivity index is 2.64. The minimum Gasteiger partial charge on any atom is -0.515 e. The highest BCUT2D eigenvalue weighted by Crippen LogP contribution is 2.28. The number of hydrogen-bond acceptors (Lipinski definition) is 4. The molecule has 0 spiro atoms. The molecule has 0 aliphatic heterocycles. The highest BCUT2D eigenvalue weighted by molar-refractivity contribution is 6.65. The Kier molecular flexibility index (Phi) is 5.97. The minimum absolute atomic E-state index is 0.0137. The van der Waals surface area contributed by atoms with Gasteiger partial charge in [0.1, 0.15) is 0 Å². The van der Waals surface area contributed by atoms with E-state index in [1.807, 2.05) is 13.1 Å². The summed E-state index contributed by atoms with van der Waals surface area (Å²) < 4.78 is 11.5. The first-order chi connectivity index (χ1) is 8.96. The summed E-state index contributed by atoms with van der Waals surface area (Å²) in [7, 11) is -2.38. The van der Waals surface area contributed by atoms with Crippen molar-refractivity contribution < 1.29 is 13.8 Å². The van der Waals surface area contributed by atoms with E-state index in [0.29, 0.717) is 12.4 Å². The Morgan fingerprint density at radius 2 is 1.95 bits per heavy atom. The SMILES string of the molecule is CCCCCO[Si](C)(C)Oc1ccccc1[N+](=O)[O-]. The lowest BCUT2D eigenvalue weighted by atomic mass is 10.3. The number of unbranched alkanes of at least 4 members (excludes halogenated alkanes) is 2. The van der Waals surface area contributed by atoms with Crippen LogP contribution in [0.2, 0.25) is 13.1 Å². The molecule has 106 valence electrons. The minimum atomic E-state index is -2.38. The van der Waals surface area contributed by atoms with Crippen molar-refractivity contribution in [1.82, 2.24) is 0 Å². The van der Waals surface area contributed by atoms with Crippen LogP contribution < -0.4 is 4.43 Å². The third-order valence-electron chi connectivity index (χ3n) is 2.62. The fraction of sp³-hybridized carbons (Fsp3) is 0.538. The van der Waals surface area contributed by atoms with E-state index in [0.717, 1.165) is 19.3 Å². The molecule has 0 aromatic heterocycles. The molecule has 0 radical (unpaired) electrons. The smallest absolute Gasteiger partial charge is 0.392 e. The van der Waals surface area contributed by atoms with E-state index in [9.17, 15) is 10.1 Å². The number of nitro benzene ring substituents is 1. The number of nitrogens with zero attached hydrogens (tertiary/aromatic N) is 1. The van der Waals surface area contributed by atoms with Gasteiger partial charge in [-0.1, -0.05) is 31.9 Å². The Hall–Kier alpha value is -1.40. The molecule has 0 saturated heterocycles. The van der Waals surface area contributed by atoms with E-state index >= 15 is 0 Å². The van der Waals surface area contributed by atoms with Gasteiger partial charge in [-0.05, 0) is 25.6 Å². The van der Waals surface area contributed by atoms with Crippen LogP contribution in [0, 0.1) is 10.1 Å². The van der Waals surface area contributed by atoms with Gasteiger partial charge in [0, 0.05) is 12.7 Å². The maximum Gasteiger partial charge on any atom is 0.392 e. The Morgan fingerprint density at radius 1 is 1.26 bits per heavy atom. The molecule has 0 heterocycles. The normalized spacial score (nSPS) is 11.3. The number of rotatable bonds is 8. The van der Waals surface area contributed by atoms with Crippen molar-refractivity contribution >= 4 is 14.2 Å². The van der Waals surface area contributed by atoms with E-state index in [1.165, 1.54) is 6.07 Å². The van der Waals surface area contributed by atoms with Crippen molar-refractivity contribution in [1.29, 1.82) is 0 Å². The highest BCUT2D eigenvalue weighted by atomic mass is 28.4. The predicted molar refractivity (Wildman–Crippen MR) is 76.7 cm³/mol. The van der Waals surface area contributed by atoms with Crippen LogP contribution in [-0.4, -0.2) is 20.1 Å². The molecule has 6 heteroatoms. The van der Waals surface area contributed by atoms with E-state index in [2.05, 4.69) is 6.92 Å². The molecule has 1 rings (SSSR count). The Bertz CT molecular complexity index is 423. The van der Waals surface area contributed by atoms with E-state index in [1.54, 1.807) is 18.2 Å². The maximum atomic E-state index is 10.9. The summed E-state index contributed by atoms with van der Waals surface area (Å²) >= 11 is 0. The van der Waals surface area contributed by atoms with Gasteiger partial charge < -0.3 is 8.85 Å². The molecular weight excluding hydrogens is 262 g/mol. The van der Waals surface area contributed by atoms with Gasteiger partial charge >= 0.3 is 14.2 Å². The van der Waals surface area contributed by atoms with Crippen LogP contribution in [0.4, 0.5) is 5.69 Å². The molecule has 0 aliphatic rings. The number of benzene rings is 1. The fourth-order valence-corrected chi connectivity index (χ4v) is 3.06. The number of hydrogen-bond donors (Lipinski definition) is 0. The Labute approximate surface area is 114 Å². The lowest BCUT2D eigenvalue weighted by Gasteiger charge is -2.23. The van der Waals surface area contributed by atoms with Crippen LogP contribution in [0.3, 0.4) is 0 Å². The Morgan fingerprint density at radius 3 is 2.58 bits per heavy atom. The number of nitro groups is 1. The van der Waals surface area contributed by atoms with Gasteiger partial charge in [0.05, 0.1) is 4.92 Å². The van der Waals surface area contributed by atoms with Crippen LogP contribution >= 0.6 is 0 Å². The second-order valence-corrected chi connectivity index (χ2v) is 8.07. The molecule has 0 unspecified atom stereocenters. The molecule has 5 nitrogen and oxygen atoms in total. The zero-order valence-corrected chi connectivity index (χ0v) is 12.7. The lowest BCUT2D eigenvalue weighted by Crippen LogP contribution is -2.38. The van der Waals surface area contributed by atoms with Gasteiger partial charge in [-0.25, -0.2) is 0 Å². The van der Waals surface area contributed by atoms with Crippen molar-refractivity contribution in [3.8, 4) is 5.75 Å². The van der Waals surface area contributed by atoms with E-state index < -0.39 is 13.5 Å². The zero-order chi connectivity index (χ0) is 14.3. The van der Waals surface area contributed by atoms with Gasteiger partial charge in [0.2, 0.25) is 0 Å². The predicted octanol–water partition coefficient (Wildman–Crippen LogP) is 3.88. The standard InChI is InChI=1S/C13H21NO4Si/c1-4-5-8-11-17-19(2,3)18-13-10-7-6-9-12(13)14(15)16/h6-7,9-10H,4-5,8,11H2,1-3H3. The lowest BCUT2D eigenvalue weighted by molar-refractivity contribution is -0.385. The van der Waals surface area contributed by atoms with Crippen molar-refractivity contribution in [2.75, 3.05) is 6.61 Å². The summed E-state index contributed by atoms with van der Waals surface area (Å²) in [6.07, 6.45) is 3.25. The summed E-state index contributed by atoms with van der Waals surface area (Å²) in [6.45, 7) is 6.57. The van der Waals surface area contributed by atoms with Crippen LogP contribution in [0.5, 0.6) is 5.75 Å². The fourth-order valence-electron chi connectivity index (χ4n) is 1.66. The first-order valence-electron chi connectivity index (χ1n) is 6.52. The highest BCUT2D eigenvalue weighted by Gasteiger charge is 2.29. The first kappa shape index (κ1) is 15.7. The average Bonchev–Trinajstić information content (AvgIpc) is 2.34. The van der Waals surface area contributed by atoms with Crippen LogP contribution in [0.15, 0.2) is 24.3 Å². The summed E-state index contributed by atoms with van der Waals surface area (Å²) in [5.74, 6) is 0.291. The third kappa shape index (κ3) is 5.40. The zero-order valence-electron chi connectivity index (χ0n) is 11.7. The van der Waals surface area contributed by atoms with Crippen molar-refractivity contribution in [3.05, 3.63) is 34.4 Å². The molecule has 0 atom stereocenters. The summed E-state index contributed by atoms with van der Waals surface area (Å²) in [6, 6.07) is 6.41. The van der Waals surface area contributed by atoms with Crippen LogP contribution in [0.25, 0.3) is 0 Å². The van der Waals surface area contributed by atoms with E-state index in [-0.39, 0.29) is 5.69 Å². The second-order valence-electron chi connectivity index (χ2n) is 4.78. The summed E-state index contributed by atoms with van der Waals surface area (Å²) in [5.41, 5.74) is -0.0137. The van der Waals surface area contributed by atoms with E-state index in [4.69, 9.17) is 8.85 Å². The van der Waals surface area contributed by atoms with Crippen LogP contribution in [-0.2, 0) is 4.43 Å². The maximum absolute atomic E-state index is 10.9. The average molecular weight is 283 g/mol. The largest absolute Gasteiger partial charge is 0.515 e. The summed E-state index contributed by atoms with van der Waals surface area (Å²) in [5, 5.41) is 10.9. The molecule has 0 fully saturated rings. The monoisotopic (exact) mass is 283 g/mol. The van der Waals surface area contributed by atoms with Crippen molar-refractivity contribution in [2.45, 2.75) is 39.3 Å². The first-order valence-corrected chi connectivity index (χ1v) is 9.34. The molecular formula is C13H21NO4Si. The van der Waals surface area contributed by atoms with Gasteiger partial charge in [-0.3, -0.25) is 10.1 Å². The van der Waals surface area contributed by atoms with Gasteiger partial charge in [-0.15, -0.1) is 0 Å². The molecule has 0 saturated carbocycles. The third-order valence-corrected chi connectivity index (χ3v) is 4.23. The topological polar surface area (TPSA) is 61.6 Å². The van der Waals surface area contributed by atoms with Gasteiger partial charge in [-0.2, -0.15) is 0 Å². The molecule has 1 aromatic carbocycles. The van der Waals surface area contributed by atoms with Crippen LogP contribution in [0.1, 0.15) is 26.2 Å². The quantitative estimate of drug-likeness (QED) is 0.314. The van der Waals surface area contributed by atoms with Crippen molar-refractivity contribution in [3.63, 3.8) is 0 Å². The van der Waals surface area contributed by atoms with Gasteiger partial charge in [0.15, 0.2) is 5.75 Å². The second kappa shape index (κ2) is 7.25. The molecule has 0 bridgehead atoms. The molecule has 19 heavy (non-hydrogen) atoms.